The lowest BCUT2D eigenvalue weighted by molar-refractivity contribution is 0.540. The Morgan fingerprint density at radius 3 is 3.00 bits per heavy atom. The van der Waals surface area contributed by atoms with Crippen molar-refractivity contribution >= 4 is 11.8 Å². The van der Waals surface area contributed by atoms with E-state index >= 15 is 0 Å². The van der Waals surface area contributed by atoms with E-state index < -0.39 is 5.54 Å². The van der Waals surface area contributed by atoms with E-state index in [0.29, 0.717) is 6.42 Å². The molecule has 0 bridgehead atoms. The molecule has 86 valence electrons. The third-order valence-corrected chi connectivity index (χ3v) is 3.05. The summed E-state index contributed by atoms with van der Waals surface area (Å²) in [5.41, 5.74) is 5.97. The summed E-state index contributed by atoms with van der Waals surface area (Å²) in [5, 5.41) is 9.53. The van der Waals surface area contributed by atoms with Crippen LogP contribution in [-0.4, -0.2) is 21.3 Å². The number of hydrogen-bond acceptors (Lipinski definition) is 5. The van der Waals surface area contributed by atoms with Crippen molar-refractivity contribution in [2.45, 2.75) is 37.4 Å². The van der Waals surface area contributed by atoms with Crippen LogP contribution in [0.5, 0.6) is 0 Å². The van der Waals surface area contributed by atoms with E-state index in [0.717, 1.165) is 23.0 Å². The molecule has 1 rings (SSSR count). The van der Waals surface area contributed by atoms with Crippen LogP contribution in [-0.2, 0) is 0 Å². The molecule has 0 aliphatic rings. The summed E-state index contributed by atoms with van der Waals surface area (Å²) in [5.74, 6) is 0.887. The molecular weight excluding hydrogens is 220 g/mol. The zero-order valence-electron chi connectivity index (χ0n) is 9.60. The van der Waals surface area contributed by atoms with Gasteiger partial charge in [-0.25, -0.2) is 9.97 Å². The Morgan fingerprint density at radius 1 is 1.62 bits per heavy atom. The first kappa shape index (κ1) is 12.9. The van der Waals surface area contributed by atoms with Crippen LogP contribution in [0.3, 0.4) is 0 Å². The Bertz CT molecular complexity index is 384. The van der Waals surface area contributed by atoms with Crippen LogP contribution < -0.4 is 5.73 Å². The van der Waals surface area contributed by atoms with Crippen molar-refractivity contribution < 1.29 is 0 Å². The van der Waals surface area contributed by atoms with Gasteiger partial charge < -0.3 is 5.73 Å². The number of nitrogens with two attached hydrogens (primary N) is 1. The van der Waals surface area contributed by atoms with Crippen LogP contribution in [0.1, 0.15) is 25.5 Å². The SMILES string of the molecule is Cc1ccnc(SCCCC(C)(N)C#N)n1. The number of rotatable bonds is 5. The molecule has 0 radical (unpaired) electrons. The number of nitriles is 1. The van der Waals surface area contributed by atoms with Gasteiger partial charge in [-0.1, -0.05) is 11.8 Å². The van der Waals surface area contributed by atoms with Gasteiger partial charge >= 0.3 is 0 Å². The first-order valence-corrected chi connectivity index (χ1v) is 6.15. The van der Waals surface area contributed by atoms with Crippen molar-refractivity contribution in [3.8, 4) is 6.07 Å². The lowest BCUT2D eigenvalue weighted by atomic mass is 10.0. The first-order chi connectivity index (χ1) is 7.53. The Balaban J connectivity index is 2.29. The lowest BCUT2D eigenvalue weighted by Crippen LogP contribution is -2.33. The minimum Gasteiger partial charge on any atom is -0.314 e. The highest BCUT2D eigenvalue weighted by atomic mass is 32.2. The highest BCUT2D eigenvalue weighted by molar-refractivity contribution is 7.99. The lowest BCUT2D eigenvalue weighted by Gasteiger charge is -2.13. The molecule has 1 atom stereocenters. The van der Waals surface area contributed by atoms with Gasteiger partial charge in [-0.3, -0.25) is 0 Å². The molecule has 0 aliphatic carbocycles. The van der Waals surface area contributed by atoms with Gasteiger partial charge in [0.15, 0.2) is 5.16 Å². The van der Waals surface area contributed by atoms with Crippen molar-refractivity contribution in [2.24, 2.45) is 5.73 Å². The molecule has 0 spiro atoms. The summed E-state index contributed by atoms with van der Waals surface area (Å²) in [6.07, 6.45) is 3.35. The molecule has 2 N–H and O–H groups in total. The molecule has 0 fully saturated rings. The fourth-order valence-electron chi connectivity index (χ4n) is 1.15. The van der Waals surface area contributed by atoms with Crippen molar-refractivity contribution in [1.29, 1.82) is 5.26 Å². The normalized spacial score (nSPS) is 14.1. The molecule has 1 unspecified atom stereocenters. The van der Waals surface area contributed by atoms with Gasteiger partial charge in [-0.05, 0) is 32.8 Å². The molecular formula is C11H16N4S. The van der Waals surface area contributed by atoms with Crippen molar-refractivity contribution in [3.05, 3.63) is 18.0 Å². The van der Waals surface area contributed by atoms with Crippen LogP contribution in [0, 0.1) is 18.3 Å². The molecule has 0 saturated heterocycles. The van der Waals surface area contributed by atoms with Gasteiger partial charge in [0.05, 0.1) is 6.07 Å². The van der Waals surface area contributed by atoms with Crippen LogP contribution in [0.4, 0.5) is 0 Å². The van der Waals surface area contributed by atoms with Crippen LogP contribution >= 0.6 is 11.8 Å². The summed E-state index contributed by atoms with van der Waals surface area (Å²) < 4.78 is 0. The summed E-state index contributed by atoms with van der Waals surface area (Å²) >= 11 is 1.60. The maximum absolute atomic E-state index is 8.74. The number of aryl methyl sites for hydroxylation is 1. The second-order valence-electron chi connectivity index (χ2n) is 3.96. The van der Waals surface area contributed by atoms with E-state index in [1.807, 2.05) is 13.0 Å². The zero-order chi connectivity index (χ0) is 12.0. The molecule has 4 nitrogen and oxygen atoms in total. The maximum Gasteiger partial charge on any atom is 0.187 e. The van der Waals surface area contributed by atoms with E-state index in [1.165, 1.54) is 0 Å². The Morgan fingerprint density at radius 2 is 2.38 bits per heavy atom. The number of aromatic nitrogens is 2. The number of hydrogen-bond donors (Lipinski definition) is 1. The Labute approximate surface area is 100 Å². The molecule has 1 aromatic heterocycles. The third-order valence-electron chi connectivity index (χ3n) is 2.10. The standard InChI is InChI=1S/C11H16N4S/c1-9-4-6-14-10(15-9)16-7-3-5-11(2,13)8-12/h4,6H,3,5,7,13H2,1-2H3. The monoisotopic (exact) mass is 236 g/mol. The van der Waals surface area contributed by atoms with E-state index in [9.17, 15) is 0 Å². The highest BCUT2D eigenvalue weighted by Crippen LogP contribution is 2.16. The third kappa shape index (κ3) is 4.60. The minimum atomic E-state index is -0.714. The topological polar surface area (TPSA) is 75.6 Å². The fraction of sp³-hybridized carbons (Fsp3) is 0.545. The van der Waals surface area contributed by atoms with Crippen LogP contribution in [0.25, 0.3) is 0 Å². The summed E-state index contributed by atoms with van der Waals surface area (Å²) in [6, 6.07) is 3.96. The summed E-state index contributed by atoms with van der Waals surface area (Å²) in [6.45, 7) is 3.69. The van der Waals surface area contributed by atoms with E-state index in [1.54, 1.807) is 24.9 Å². The molecule has 0 aliphatic heterocycles. The molecule has 0 saturated carbocycles. The smallest absolute Gasteiger partial charge is 0.187 e. The van der Waals surface area contributed by atoms with Gasteiger partial charge in [-0.2, -0.15) is 5.26 Å². The van der Waals surface area contributed by atoms with Gasteiger partial charge in [0, 0.05) is 17.6 Å². The predicted octanol–water partition coefficient (Wildman–Crippen LogP) is 1.90. The molecule has 1 aromatic rings. The largest absolute Gasteiger partial charge is 0.314 e. The highest BCUT2D eigenvalue weighted by Gasteiger charge is 2.16. The van der Waals surface area contributed by atoms with Crippen molar-refractivity contribution in [2.75, 3.05) is 5.75 Å². The summed E-state index contributed by atoms with van der Waals surface area (Å²) in [4.78, 5) is 8.43. The van der Waals surface area contributed by atoms with Crippen LogP contribution in [0.15, 0.2) is 17.4 Å². The number of thioether (sulfide) groups is 1. The Hall–Kier alpha value is -1.12. The maximum atomic E-state index is 8.74. The average molecular weight is 236 g/mol. The van der Waals surface area contributed by atoms with Gasteiger partial charge in [0.1, 0.15) is 5.54 Å². The molecule has 1 heterocycles. The zero-order valence-corrected chi connectivity index (χ0v) is 10.4. The van der Waals surface area contributed by atoms with E-state index in [2.05, 4.69) is 16.0 Å². The van der Waals surface area contributed by atoms with E-state index in [-0.39, 0.29) is 0 Å². The minimum absolute atomic E-state index is 0.697. The van der Waals surface area contributed by atoms with Crippen molar-refractivity contribution in [1.82, 2.24) is 9.97 Å². The first-order valence-electron chi connectivity index (χ1n) is 5.16. The predicted molar refractivity (Wildman–Crippen MR) is 64.9 cm³/mol. The quantitative estimate of drug-likeness (QED) is 0.480. The van der Waals surface area contributed by atoms with Gasteiger partial charge in [0.25, 0.3) is 0 Å². The second kappa shape index (κ2) is 5.83. The molecule has 0 amide bonds. The van der Waals surface area contributed by atoms with Crippen molar-refractivity contribution in [3.63, 3.8) is 0 Å². The second-order valence-corrected chi connectivity index (χ2v) is 5.02. The number of nitrogens with zero attached hydrogens (tertiary/aromatic N) is 3. The summed E-state index contributed by atoms with van der Waals surface area (Å²) in [7, 11) is 0. The molecule has 0 aromatic carbocycles. The average Bonchev–Trinajstić information content (AvgIpc) is 2.25. The molecule has 5 heteroatoms. The van der Waals surface area contributed by atoms with Gasteiger partial charge in [0.2, 0.25) is 0 Å². The Kier molecular flexibility index (Phi) is 4.71. The fourth-order valence-corrected chi connectivity index (χ4v) is 1.97. The van der Waals surface area contributed by atoms with Gasteiger partial charge in [-0.15, -0.1) is 0 Å². The van der Waals surface area contributed by atoms with E-state index in [4.69, 9.17) is 11.0 Å². The molecule has 16 heavy (non-hydrogen) atoms. The van der Waals surface area contributed by atoms with Crippen LogP contribution in [0.2, 0.25) is 0 Å².